The first-order chi connectivity index (χ1) is 20.4. The molecule has 10 heteroatoms. The van der Waals surface area contributed by atoms with Crippen molar-refractivity contribution in [3.63, 3.8) is 0 Å². The summed E-state index contributed by atoms with van der Waals surface area (Å²) in [6.07, 6.45) is 1.72. The molecule has 2 aromatic heterocycles. The second kappa shape index (κ2) is 12.0. The quantitative estimate of drug-likeness (QED) is 0.219. The number of para-hydroxylation sites is 1. The van der Waals surface area contributed by atoms with Crippen LogP contribution in [0.15, 0.2) is 131 Å². The molecule has 0 unspecified atom stereocenters. The summed E-state index contributed by atoms with van der Waals surface area (Å²) in [6.45, 7) is 1.80. The summed E-state index contributed by atoms with van der Waals surface area (Å²) in [4.78, 5) is 33.9. The van der Waals surface area contributed by atoms with Crippen molar-refractivity contribution in [3.05, 3.63) is 138 Å². The molecule has 6 rings (SSSR count). The number of anilines is 1. The second-order valence-corrected chi connectivity index (χ2v) is 12.3. The molecule has 3 aromatic carbocycles. The van der Waals surface area contributed by atoms with Gasteiger partial charge in [-0.3, -0.25) is 14.2 Å². The Hall–Kier alpha value is -4.12. The summed E-state index contributed by atoms with van der Waals surface area (Å²) in [5.74, 6) is 0.883. The summed E-state index contributed by atoms with van der Waals surface area (Å²) in [5.41, 5.74) is 2.09. The Kier molecular flexibility index (Phi) is 8.01. The van der Waals surface area contributed by atoms with E-state index in [1.807, 2.05) is 91.0 Å². The molecule has 1 atom stereocenters. The number of hydrogen-bond donors (Lipinski definition) is 1. The Morgan fingerprint density at radius 3 is 2.45 bits per heavy atom. The molecule has 1 N–H and O–H groups in total. The number of methoxy groups -OCH3 is 1. The second-order valence-electron chi connectivity index (χ2n) is 9.37. The van der Waals surface area contributed by atoms with Crippen molar-refractivity contribution in [2.24, 2.45) is 4.99 Å². The highest BCUT2D eigenvalue weighted by molar-refractivity contribution is 9.10. The number of rotatable bonds is 7. The molecule has 5 aromatic rings. The minimum Gasteiger partial charge on any atom is -0.497 e. The summed E-state index contributed by atoms with van der Waals surface area (Å²) < 4.78 is 14.3. The lowest BCUT2D eigenvalue weighted by Gasteiger charge is -2.25. The van der Waals surface area contributed by atoms with Crippen molar-refractivity contribution >= 4 is 56.7 Å². The highest BCUT2D eigenvalue weighted by Gasteiger charge is 2.32. The normalized spacial score (nSPS) is 14.8. The van der Waals surface area contributed by atoms with E-state index in [1.165, 1.54) is 23.1 Å². The summed E-state index contributed by atoms with van der Waals surface area (Å²) in [6, 6.07) is 27.6. The number of furan rings is 1. The Morgan fingerprint density at radius 1 is 1.07 bits per heavy atom. The third-order valence-electron chi connectivity index (χ3n) is 6.63. The molecule has 0 saturated heterocycles. The van der Waals surface area contributed by atoms with Crippen LogP contribution in [-0.2, 0) is 4.79 Å². The molecule has 0 fully saturated rings. The number of halogens is 1. The zero-order valence-corrected chi connectivity index (χ0v) is 25.8. The Morgan fingerprint density at radius 2 is 1.76 bits per heavy atom. The molecule has 0 radical (unpaired) electrons. The van der Waals surface area contributed by atoms with E-state index in [0.29, 0.717) is 42.9 Å². The van der Waals surface area contributed by atoms with Gasteiger partial charge in [0, 0.05) is 16.7 Å². The van der Waals surface area contributed by atoms with E-state index < -0.39 is 6.04 Å². The lowest BCUT2D eigenvalue weighted by Crippen LogP contribution is -2.40. The maximum atomic E-state index is 14.0. The van der Waals surface area contributed by atoms with Crippen LogP contribution in [0.25, 0.3) is 6.08 Å². The Balaban J connectivity index is 1.43. The predicted octanol–water partition coefficient (Wildman–Crippen LogP) is 6.39. The van der Waals surface area contributed by atoms with Gasteiger partial charge in [-0.1, -0.05) is 71.6 Å². The van der Waals surface area contributed by atoms with E-state index in [0.717, 1.165) is 14.9 Å². The van der Waals surface area contributed by atoms with Crippen LogP contribution in [0, 0.1) is 0 Å². The fourth-order valence-corrected chi connectivity index (χ4v) is 7.05. The van der Waals surface area contributed by atoms with Gasteiger partial charge in [0.1, 0.15) is 11.5 Å². The highest BCUT2D eigenvalue weighted by atomic mass is 79.9. The molecule has 42 heavy (non-hydrogen) atoms. The van der Waals surface area contributed by atoms with Crippen LogP contribution in [0.3, 0.4) is 0 Å². The van der Waals surface area contributed by atoms with Crippen LogP contribution in [0.5, 0.6) is 5.75 Å². The average molecular weight is 659 g/mol. The van der Waals surface area contributed by atoms with Crippen LogP contribution in [-0.4, -0.2) is 17.6 Å². The number of hydrogen-bond acceptors (Lipinski definition) is 7. The summed E-state index contributed by atoms with van der Waals surface area (Å²) >= 11 is 6.33. The number of carbonyl (C=O) groups excluding carboxylic acids is 1. The standard InChI is InChI=1S/C32H24BrN3O4S2/c1-19-27(29(37)35-21-9-5-3-6-10-21)28(20-13-15-22(39-2)16-14-20)36-30(38)26(42-32(36)34-19)18-23-17-25(33)31(40-23)41-24-11-7-4-8-12-24/h3-18,28H,1-2H3,(H,35,37)/b26-18+/t28-/m0/s1. The number of ether oxygens (including phenoxy) is 1. The fraction of sp³-hybridized carbons (Fsp3) is 0.0938. The summed E-state index contributed by atoms with van der Waals surface area (Å²) in [5, 5.41) is 3.65. The van der Waals surface area contributed by atoms with Gasteiger partial charge in [-0.25, -0.2) is 4.99 Å². The number of carbonyl (C=O) groups is 1. The van der Waals surface area contributed by atoms with Gasteiger partial charge in [0.25, 0.3) is 11.5 Å². The van der Waals surface area contributed by atoms with Gasteiger partial charge in [-0.05, 0) is 70.9 Å². The summed E-state index contributed by atoms with van der Waals surface area (Å²) in [7, 11) is 1.59. The molecule has 7 nitrogen and oxygen atoms in total. The van der Waals surface area contributed by atoms with Gasteiger partial charge in [0.05, 0.1) is 33.4 Å². The van der Waals surface area contributed by atoms with Crippen molar-refractivity contribution in [1.29, 1.82) is 0 Å². The van der Waals surface area contributed by atoms with E-state index in [-0.39, 0.29) is 11.5 Å². The molecule has 1 aliphatic heterocycles. The van der Waals surface area contributed by atoms with Crippen molar-refractivity contribution in [2.45, 2.75) is 23.0 Å². The molecule has 0 spiro atoms. The van der Waals surface area contributed by atoms with Crippen LogP contribution < -0.4 is 24.9 Å². The first kappa shape index (κ1) is 28.0. The first-order valence-electron chi connectivity index (χ1n) is 13.0. The van der Waals surface area contributed by atoms with Gasteiger partial charge < -0.3 is 14.5 Å². The third-order valence-corrected chi connectivity index (χ3v) is 9.46. The molecule has 0 saturated carbocycles. The molecular weight excluding hydrogens is 634 g/mol. The number of fused-ring (bicyclic) bond motifs is 1. The van der Waals surface area contributed by atoms with E-state index in [4.69, 9.17) is 14.1 Å². The smallest absolute Gasteiger partial charge is 0.271 e. The highest BCUT2D eigenvalue weighted by Crippen LogP contribution is 2.36. The van der Waals surface area contributed by atoms with E-state index in [1.54, 1.807) is 24.7 Å². The van der Waals surface area contributed by atoms with Gasteiger partial charge >= 0.3 is 0 Å². The first-order valence-corrected chi connectivity index (χ1v) is 15.4. The molecular formula is C32H24BrN3O4S2. The Bertz CT molecular complexity index is 1980. The zero-order valence-electron chi connectivity index (χ0n) is 22.5. The molecule has 210 valence electrons. The maximum Gasteiger partial charge on any atom is 0.271 e. The SMILES string of the molecule is COc1ccc([C@H]2C(C(=O)Nc3ccccc3)=C(C)N=c3s/c(=C/c4cc(Br)c(Sc5ccccc5)o4)c(=O)n32)cc1. The average Bonchev–Trinajstić information content (AvgIpc) is 3.50. The van der Waals surface area contributed by atoms with E-state index >= 15 is 0 Å². The zero-order chi connectivity index (χ0) is 29.2. The lowest BCUT2D eigenvalue weighted by atomic mass is 9.95. The fourth-order valence-electron chi connectivity index (χ4n) is 4.67. The van der Waals surface area contributed by atoms with Crippen LogP contribution >= 0.6 is 39.0 Å². The number of amides is 1. The molecule has 1 aliphatic rings. The van der Waals surface area contributed by atoms with Gasteiger partial charge in [0.2, 0.25) is 0 Å². The van der Waals surface area contributed by atoms with Gasteiger partial charge in [-0.2, -0.15) is 0 Å². The number of thiazole rings is 1. The maximum absolute atomic E-state index is 14.0. The van der Waals surface area contributed by atoms with E-state index in [9.17, 15) is 9.59 Å². The van der Waals surface area contributed by atoms with Crippen molar-refractivity contribution in [2.75, 3.05) is 12.4 Å². The van der Waals surface area contributed by atoms with Gasteiger partial charge in [0.15, 0.2) is 9.89 Å². The number of benzene rings is 3. The minimum absolute atomic E-state index is 0.262. The number of aromatic nitrogens is 1. The van der Waals surface area contributed by atoms with Gasteiger partial charge in [-0.15, -0.1) is 0 Å². The van der Waals surface area contributed by atoms with Crippen molar-refractivity contribution in [3.8, 4) is 5.75 Å². The van der Waals surface area contributed by atoms with Crippen molar-refractivity contribution < 1.29 is 13.9 Å². The molecule has 0 bridgehead atoms. The number of nitrogens with one attached hydrogen (secondary N) is 1. The lowest BCUT2D eigenvalue weighted by molar-refractivity contribution is -0.113. The molecule has 1 amide bonds. The largest absolute Gasteiger partial charge is 0.497 e. The topological polar surface area (TPSA) is 85.8 Å². The predicted molar refractivity (Wildman–Crippen MR) is 169 cm³/mol. The van der Waals surface area contributed by atoms with E-state index in [2.05, 4.69) is 21.2 Å². The monoisotopic (exact) mass is 657 g/mol. The van der Waals surface area contributed by atoms with Crippen LogP contribution in [0.1, 0.15) is 24.3 Å². The number of nitrogens with zero attached hydrogens (tertiary/aromatic N) is 2. The minimum atomic E-state index is -0.689. The van der Waals surface area contributed by atoms with Crippen LogP contribution in [0.2, 0.25) is 0 Å². The Labute approximate surface area is 258 Å². The number of allylic oxidation sites excluding steroid dienone is 1. The third kappa shape index (κ3) is 5.65. The molecule has 0 aliphatic carbocycles. The molecule has 3 heterocycles. The van der Waals surface area contributed by atoms with Crippen LogP contribution in [0.4, 0.5) is 5.69 Å². The van der Waals surface area contributed by atoms with Crippen molar-refractivity contribution in [1.82, 2.24) is 4.57 Å².